The molecule has 4 heterocycles. The van der Waals surface area contributed by atoms with Crippen LogP contribution >= 0.6 is 0 Å². The first-order chi connectivity index (χ1) is 13.9. The van der Waals surface area contributed by atoms with Crippen molar-refractivity contribution in [1.29, 1.82) is 0 Å². The van der Waals surface area contributed by atoms with E-state index in [1.807, 2.05) is 0 Å². The molecule has 4 aliphatic rings. The van der Waals surface area contributed by atoms with Crippen molar-refractivity contribution in [2.24, 2.45) is 0 Å². The minimum atomic E-state index is -4.67. The predicted molar refractivity (Wildman–Crippen MR) is 118 cm³/mol. The van der Waals surface area contributed by atoms with Gasteiger partial charge in [0.25, 0.3) is 0 Å². The van der Waals surface area contributed by atoms with Gasteiger partial charge in [-0.25, -0.2) is 0 Å². The maximum atomic E-state index is 8.74. The van der Waals surface area contributed by atoms with E-state index in [9.17, 15) is 0 Å². The summed E-state index contributed by atoms with van der Waals surface area (Å²) in [7, 11) is -4.67. The number of hydrogen-bond donors (Lipinski definition) is 2. The normalized spacial score (nSPS) is 32.3. The smallest absolute Gasteiger partial charge is 0.661 e. The third-order valence-corrected chi connectivity index (χ3v) is 5.97. The van der Waals surface area contributed by atoms with Gasteiger partial charge in [0.15, 0.2) is 0 Å². The fourth-order valence-corrected chi connectivity index (χ4v) is 4.51. The maximum absolute atomic E-state index is 8.74. The van der Waals surface area contributed by atoms with Crippen LogP contribution in [0.3, 0.4) is 0 Å². The first kappa shape index (κ1) is 28.3. The molecule has 4 atom stereocenters. The van der Waals surface area contributed by atoms with Crippen LogP contribution in [0.25, 0.3) is 21.3 Å². The van der Waals surface area contributed by atoms with Gasteiger partial charge in [-0.05, 0) is 0 Å². The summed E-state index contributed by atoms with van der Waals surface area (Å²) < 4.78 is 31.6. The standard InChI is InChI=1S/2C10H18N2.Cu.H2O4S/c2*1-3-7-11-9(5-1)10-6-2-4-8-12-10;;1-5(2,3)4/h2*9-10H,1-8H2;;(H2,1,2,3,4)/q2*-2;+2;. The number of piperidine rings is 4. The first-order valence-corrected chi connectivity index (χ1v) is 12.7. The third-order valence-electron chi connectivity index (χ3n) is 5.97. The Hall–Kier alpha value is 0.229. The quantitative estimate of drug-likeness (QED) is 0.412. The van der Waals surface area contributed by atoms with E-state index in [1.54, 1.807) is 0 Å². The number of rotatable bonds is 2. The van der Waals surface area contributed by atoms with E-state index in [1.165, 1.54) is 77.0 Å². The van der Waals surface area contributed by atoms with Gasteiger partial charge in [-0.3, -0.25) is 9.11 Å². The molecule has 4 rings (SSSR count). The Balaban J connectivity index is 0.000000241. The van der Waals surface area contributed by atoms with Gasteiger partial charge in [-0.2, -0.15) is 32.6 Å². The molecule has 0 spiro atoms. The minimum absolute atomic E-state index is 0. The monoisotopic (exact) mass is 493 g/mol. The second-order valence-corrected chi connectivity index (χ2v) is 9.22. The van der Waals surface area contributed by atoms with E-state index >= 15 is 0 Å². The molecule has 0 aromatic heterocycles. The molecule has 0 aromatic rings. The molecule has 4 saturated heterocycles. The summed E-state index contributed by atoms with van der Waals surface area (Å²) in [4.78, 5) is 0. The van der Waals surface area contributed by atoms with Crippen molar-refractivity contribution < 1.29 is 34.6 Å². The molecular formula is C20H38CuN4O4S-2. The van der Waals surface area contributed by atoms with Crippen molar-refractivity contribution in [3.63, 3.8) is 0 Å². The summed E-state index contributed by atoms with van der Waals surface area (Å²) >= 11 is 0. The topological polar surface area (TPSA) is 131 Å². The zero-order valence-corrected chi connectivity index (χ0v) is 19.6. The van der Waals surface area contributed by atoms with Crippen molar-refractivity contribution in [3.8, 4) is 0 Å². The fourth-order valence-electron chi connectivity index (χ4n) is 4.51. The van der Waals surface area contributed by atoms with E-state index in [2.05, 4.69) is 21.3 Å². The molecular weight excluding hydrogens is 456 g/mol. The predicted octanol–water partition coefficient (Wildman–Crippen LogP) is 5.02. The summed E-state index contributed by atoms with van der Waals surface area (Å²) in [6.07, 6.45) is 15.9. The van der Waals surface area contributed by atoms with Crippen LogP contribution in [0.1, 0.15) is 77.0 Å². The summed E-state index contributed by atoms with van der Waals surface area (Å²) in [5.41, 5.74) is 0. The van der Waals surface area contributed by atoms with Gasteiger partial charge in [0.05, 0.1) is 0 Å². The van der Waals surface area contributed by atoms with Crippen LogP contribution in [0, 0.1) is 0 Å². The van der Waals surface area contributed by atoms with Crippen LogP contribution in [0.2, 0.25) is 0 Å². The molecule has 10 heteroatoms. The summed E-state index contributed by atoms with van der Waals surface area (Å²) in [5.74, 6) is 0. The van der Waals surface area contributed by atoms with Gasteiger partial charge in [-0.15, -0.1) is 26.2 Å². The Kier molecular flexibility index (Phi) is 15.0. The van der Waals surface area contributed by atoms with E-state index in [4.69, 9.17) is 17.5 Å². The maximum Gasteiger partial charge on any atom is 2.00 e. The number of hydrogen-bond acceptors (Lipinski definition) is 2. The van der Waals surface area contributed by atoms with Crippen molar-refractivity contribution in [2.75, 3.05) is 26.2 Å². The molecule has 4 fully saturated rings. The molecule has 30 heavy (non-hydrogen) atoms. The molecule has 4 aliphatic heterocycles. The molecule has 0 aromatic carbocycles. The van der Waals surface area contributed by atoms with Crippen molar-refractivity contribution in [2.45, 2.75) is 101 Å². The fraction of sp³-hybridized carbons (Fsp3) is 1.00. The zero-order valence-electron chi connectivity index (χ0n) is 17.8. The Labute approximate surface area is 193 Å². The van der Waals surface area contributed by atoms with Crippen LogP contribution in [0.5, 0.6) is 0 Å². The Morgan fingerprint density at radius 1 is 0.500 bits per heavy atom. The largest absolute Gasteiger partial charge is 2.00 e. The third kappa shape index (κ3) is 12.9. The summed E-state index contributed by atoms with van der Waals surface area (Å²) in [6.45, 7) is 4.38. The van der Waals surface area contributed by atoms with Crippen LogP contribution in [0.4, 0.5) is 0 Å². The van der Waals surface area contributed by atoms with Crippen LogP contribution in [-0.4, -0.2) is 67.9 Å². The minimum Gasteiger partial charge on any atom is -0.661 e. The molecule has 0 saturated carbocycles. The second kappa shape index (κ2) is 15.9. The van der Waals surface area contributed by atoms with Crippen LogP contribution in [-0.2, 0) is 27.5 Å². The Morgan fingerprint density at radius 3 is 0.833 bits per heavy atom. The molecule has 4 unspecified atom stereocenters. The van der Waals surface area contributed by atoms with Crippen LogP contribution < -0.4 is 0 Å². The molecule has 8 nitrogen and oxygen atoms in total. The van der Waals surface area contributed by atoms with Crippen molar-refractivity contribution in [1.82, 2.24) is 0 Å². The van der Waals surface area contributed by atoms with E-state index in [-0.39, 0.29) is 17.1 Å². The molecule has 0 bridgehead atoms. The van der Waals surface area contributed by atoms with Crippen molar-refractivity contribution in [3.05, 3.63) is 21.3 Å². The van der Waals surface area contributed by atoms with Crippen molar-refractivity contribution >= 4 is 10.4 Å². The van der Waals surface area contributed by atoms with Gasteiger partial charge >= 0.3 is 27.5 Å². The first-order valence-electron chi connectivity index (χ1n) is 11.3. The van der Waals surface area contributed by atoms with E-state index < -0.39 is 10.4 Å². The molecule has 0 amide bonds. The van der Waals surface area contributed by atoms with Gasteiger partial charge in [0.1, 0.15) is 0 Å². The average Bonchev–Trinajstić information content (AvgIpc) is 2.76. The number of nitrogens with zero attached hydrogens (tertiary/aromatic N) is 4. The van der Waals surface area contributed by atoms with Crippen LogP contribution in [0.15, 0.2) is 0 Å². The molecule has 2 N–H and O–H groups in total. The molecule has 181 valence electrons. The summed E-state index contributed by atoms with van der Waals surface area (Å²) in [5, 5.41) is 18.6. The molecule has 1 radical (unpaired) electrons. The van der Waals surface area contributed by atoms with Gasteiger partial charge in [-0.1, -0.05) is 77.0 Å². The SMILES string of the molecule is C1CCC(C2CCCC[N-]2)[N-]C1.C1CCC(C2CCCC[N-]2)[N-]C1.O=S(=O)(O)O.[Cu+2]. The van der Waals surface area contributed by atoms with E-state index in [0.717, 1.165) is 26.2 Å². The van der Waals surface area contributed by atoms with Gasteiger partial charge in [0.2, 0.25) is 0 Å². The van der Waals surface area contributed by atoms with E-state index in [0.29, 0.717) is 24.2 Å². The zero-order chi connectivity index (χ0) is 21.0. The second-order valence-electron chi connectivity index (χ2n) is 8.33. The Morgan fingerprint density at radius 2 is 0.700 bits per heavy atom. The molecule has 0 aliphatic carbocycles. The van der Waals surface area contributed by atoms with Gasteiger partial charge in [0, 0.05) is 0 Å². The van der Waals surface area contributed by atoms with Gasteiger partial charge < -0.3 is 21.3 Å². The summed E-state index contributed by atoms with van der Waals surface area (Å²) in [6, 6.07) is 2.39. The average molecular weight is 494 g/mol. The Bertz CT molecular complexity index is 445.